The van der Waals surface area contributed by atoms with Crippen molar-refractivity contribution < 1.29 is 5.11 Å². The summed E-state index contributed by atoms with van der Waals surface area (Å²) in [6.45, 7) is 6.16. The summed E-state index contributed by atoms with van der Waals surface area (Å²) in [7, 11) is 2.08. The highest BCUT2D eigenvalue weighted by molar-refractivity contribution is 9.10. The summed E-state index contributed by atoms with van der Waals surface area (Å²) in [5, 5.41) is 9.22. The van der Waals surface area contributed by atoms with Crippen LogP contribution in [0.15, 0.2) is 28.7 Å². The van der Waals surface area contributed by atoms with Gasteiger partial charge in [0, 0.05) is 29.6 Å². The van der Waals surface area contributed by atoms with E-state index in [9.17, 15) is 5.11 Å². The highest BCUT2D eigenvalue weighted by atomic mass is 79.9. The molecule has 0 unspecified atom stereocenters. The first-order chi connectivity index (χ1) is 7.43. The van der Waals surface area contributed by atoms with E-state index in [0.717, 1.165) is 17.6 Å². The first kappa shape index (κ1) is 13.7. The van der Waals surface area contributed by atoms with Crippen molar-refractivity contribution in [3.05, 3.63) is 34.3 Å². The first-order valence-corrected chi connectivity index (χ1v) is 6.26. The van der Waals surface area contributed by atoms with Crippen LogP contribution in [0.2, 0.25) is 0 Å². The summed E-state index contributed by atoms with van der Waals surface area (Å²) in [5.74, 6) is 0. The highest BCUT2D eigenvalue weighted by Crippen LogP contribution is 2.17. The summed E-state index contributed by atoms with van der Waals surface area (Å²) < 4.78 is 1.11. The lowest BCUT2D eigenvalue weighted by molar-refractivity contribution is 0.112. The molecule has 0 heterocycles. The Kier molecular flexibility index (Phi) is 4.96. The SMILES string of the molecule is CN(Cc1cccc(Br)c1)CC(C)(C)CO. The Bertz CT molecular complexity index is 338. The molecule has 0 aliphatic rings. The standard InChI is InChI=1S/C13H20BrNO/c1-13(2,10-16)9-15(3)8-11-5-4-6-12(14)7-11/h4-7,16H,8-10H2,1-3H3. The number of rotatable bonds is 5. The maximum Gasteiger partial charge on any atom is 0.0494 e. The summed E-state index contributed by atoms with van der Waals surface area (Å²) in [6.07, 6.45) is 0. The summed E-state index contributed by atoms with van der Waals surface area (Å²) in [6, 6.07) is 8.32. The Labute approximate surface area is 106 Å². The summed E-state index contributed by atoms with van der Waals surface area (Å²) in [5.41, 5.74) is 1.24. The fourth-order valence-electron chi connectivity index (χ4n) is 1.78. The van der Waals surface area contributed by atoms with E-state index in [-0.39, 0.29) is 12.0 Å². The molecule has 1 rings (SSSR count). The van der Waals surface area contributed by atoms with Crippen molar-refractivity contribution in [2.45, 2.75) is 20.4 Å². The second-order valence-electron chi connectivity index (χ2n) is 5.12. The fourth-order valence-corrected chi connectivity index (χ4v) is 2.23. The zero-order valence-corrected chi connectivity index (χ0v) is 11.8. The molecule has 3 heteroatoms. The van der Waals surface area contributed by atoms with Crippen LogP contribution in [0.5, 0.6) is 0 Å². The summed E-state index contributed by atoms with van der Waals surface area (Å²) in [4.78, 5) is 2.23. The van der Waals surface area contributed by atoms with Crippen LogP contribution in [0.1, 0.15) is 19.4 Å². The van der Waals surface area contributed by atoms with Crippen LogP contribution >= 0.6 is 15.9 Å². The minimum absolute atomic E-state index is 0.0409. The molecule has 0 fully saturated rings. The lowest BCUT2D eigenvalue weighted by Crippen LogP contribution is -2.33. The van der Waals surface area contributed by atoms with Crippen LogP contribution in [0.3, 0.4) is 0 Å². The van der Waals surface area contributed by atoms with E-state index in [1.165, 1.54) is 5.56 Å². The van der Waals surface area contributed by atoms with Gasteiger partial charge < -0.3 is 10.0 Å². The van der Waals surface area contributed by atoms with Crippen molar-refractivity contribution in [1.82, 2.24) is 4.90 Å². The van der Waals surface area contributed by atoms with Crippen molar-refractivity contribution in [3.8, 4) is 0 Å². The molecule has 1 aromatic rings. The number of hydrogen-bond acceptors (Lipinski definition) is 2. The van der Waals surface area contributed by atoms with Crippen LogP contribution in [0.4, 0.5) is 0 Å². The predicted molar refractivity (Wildman–Crippen MR) is 71.3 cm³/mol. The molecule has 0 aliphatic carbocycles. The highest BCUT2D eigenvalue weighted by Gasteiger charge is 2.18. The molecule has 2 nitrogen and oxygen atoms in total. The van der Waals surface area contributed by atoms with E-state index in [1.807, 2.05) is 12.1 Å². The molecule has 0 saturated carbocycles. The van der Waals surface area contributed by atoms with Crippen molar-refractivity contribution in [2.75, 3.05) is 20.2 Å². The number of benzene rings is 1. The third-order valence-corrected chi connectivity index (χ3v) is 2.96. The number of nitrogens with zero attached hydrogens (tertiary/aromatic N) is 1. The first-order valence-electron chi connectivity index (χ1n) is 5.47. The Morgan fingerprint density at radius 3 is 2.62 bits per heavy atom. The topological polar surface area (TPSA) is 23.5 Å². The molecule has 0 amide bonds. The molecule has 0 bridgehead atoms. The number of aliphatic hydroxyl groups excluding tert-OH is 1. The van der Waals surface area contributed by atoms with Crippen LogP contribution in [-0.4, -0.2) is 30.2 Å². The average molecular weight is 286 g/mol. The maximum atomic E-state index is 9.22. The lowest BCUT2D eigenvalue weighted by atomic mass is 9.94. The Balaban J connectivity index is 2.55. The quantitative estimate of drug-likeness (QED) is 0.899. The Morgan fingerprint density at radius 1 is 1.38 bits per heavy atom. The molecule has 0 atom stereocenters. The van der Waals surface area contributed by atoms with Gasteiger partial charge in [-0.05, 0) is 24.7 Å². The third-order valence-electron chi connectivity index (χ3n) is 2.47. The second kappa shape index (κ2) is 5.80. The van der Waals surface area contributed by atoms with Gasteiger partial charge in [0.2, 0.25) is 0 Å². The molecule has 0 aromatic heterocycles. The van der Waals surface area contributed by atoms with E-state index in [0.29, 0.717) is 0 Å². The van der Waals surface area contributed by atoms with Gasteiger partial charge in [-0.3, -0.25) is 0 Å². The minimum atomic E-state index is -0.0409. The van der Waals surface area contributed by atoms with Gasteiger partial charge in [-0.1, -0.05) is 41.9 Å². The largest absolute Gasteiger partial charge is 0.396 e. The van der Waals surface area contributed by atoms with Crippen LogP contribution in [-0.2, 0) is 6.54 Å². The number of aliphatic hydroxyl groups is 1. The van der Waals surface area contributed by atoms with E-state index < -0.39 is 0 Å². The zero-order valence-electron chi connectivity index (χ0n) is 10.2. The Morgan fingerprint density at radius 2 is 2.06 bits per heavy atom. The maximum absolute atomic E-state index is 9.22. The predicted octanol–water partition coefficient (Wildman–Crippen LogP) is 2.90. The molecule has 0 spiro atoms. The van der Waals surface area contributed by atoms with Crippen molar-refractivity contribution >= 4 is 15.9 Å². The minimum Gasteiger partial charge on any atom is -0.396 e. The molecule has 90 valence electrons. The van der Waals surface area contributed by atoms with Crippen molar-refractivity contribution in [1.29, 1.82) is 0 Å². The van der Waals surface area contributed by atoms with E-state index >= 15 is 0 Å². The molecular weight excluding hydrogens is 266 g/mol. The third kappa shape index (κ3) is 4.64. The van der Waals surface area contributed by atoms with Gasteiger partial charge in [-0.25, -0.2) is 0 Å². The number of hydrogen-bond donors (Lipinski definition) is 1. The van der Waals surface area contributed by atoms with Gasteiger partial charge in [-0.2, -0.15) is 0 Å². The zero-order chi connectivity index (χ0) is 12.2. The van der Waals surface area contributed by atoms with Gasteiger partial charge in [0.05, 0.1) is 0 Å². The van der Waals surface area contributed by atoms with E-state index in [2.05, 4.69) is 53.9 Å². The van der Waals surface area contributed by atoms with Gasteiger partial charge in [0.1, 0.15) is 0 Å². The summed E-state index contributed by atoms with van der Waals surface area (Å²) >= 11 is 3.47. The average Bonchev–Trinajstić information content (AvgIpc) is 2.16. The van der Waals surface area contributed by atoms with E-state index in [1.54, 1.807) is 0 Å². The van der Waals surface area contributed by atoms with Crippen molar-refractivity contribution in [3.63, 3.8) is 0 Å². The van der Waals surface area contributed by atoms with Crippen LogP contribution < -0.4 is 0 Å². The molecular formula is C13H20BrNO. The monoisotopic (exact) mass is 285 g/mol. The van der Waals surface area contributed by atoms with Gasteiger partial charge in [-0.15, -0.1) is 0 Å². The lowest BCUT2D eigenvalue weighted by Gasteiger charge is -2.28. The smallest absolute Gasteiger partial charge is 0.0494 e. The number of halogens is 1. The molecule has 16 heavy (non-hydrogen) atoms. The second-order valence-corrected chi connectivity index (χ2v) is 6.04. The molecule has 1 N–H and O–H groups in total. The Hall–Kier alpha value is -0.380. The fraction of sp³-hybridized carbons (Fsp3) is 0.538. The molecule has 0 saturated heterocycles. The van der Waals surface area contributed by atoms with Gasteiger partial charge >= 0.3 is 0 Å². The molecule has 0 radical (unpaired) electrons. The molecule has 1 aromatic carbocycles. The normalized spacial score (nSPS) is 12.1. The van der Waals surface area contributed by atoms with Crippen LogP contribution in [0, 0.1) is 5.41 Å². The van der Waals surface area contributed by atoms with Crippen molar-refractivity contribution in [2.24, 2.45) is 5.41 Å². The van der Waals surface area contributed by atoms with Crippen LogP contribution in [0.25, 0.3) is 0 Å². The molecule has 0 aliphatic heterocycles. The van der Waals surface area contributed by atoms with Gasteiger partial charge in [0.15, 0.2) is 0 Å². The van der Waals surface area contributed by atoms with E-state index in [4.69, 9.17) is 0 Å². The van der Waals surface area contributed by atoms with Gasteiger partial charge in [0.25, 0.3) is 0 Å².